The highest BCUT2D eigenvalue weighted by atomic mass is 16.4. The number of carboxylic acids is 1. The number of hydrogen-bond donors (Lipinski definition) is 1. The SMILES string of the molecule is Cc1ccnc(C2(C(=O)O)CCC2)c1. The third kappa shape index (κ3) is 1.20. The molecule has 0 saturated heterocycles. The first-order valence-electron chi connectivity index (χ1n) is 4.82. The van der Waals surface area contributed by atoms with Gasteiger partial charge in [0, 0.05) is 6.20 Å². The Bertz CT molecular complexity index is 369. The molecule has 1 saturated carbocycles. The Balaban J connectivity index is 2.42. The molecule has 0 radical (unpaired) electrons. The molecule has 1 fully saturated rings. The van der Waals surface area contributed by atoms with Gasteiger partial charge in [0.05, 0.1) is 5.69 Å². The molecule has 0 amide bonds. The number of pyridine rings is 1. The van der Waals surface area contributed by atoms with E-state index in [0.29, 0.717) is 0 Å². The molecule has 0 aliphatic heterocycles. The Morgan fingerprint density at radius 1 is 1.57 bits per heavy atom. The fourth-order valence-corrected chi connectivity index (χ4v) is 1.91. The van der Waals surface area contributed by atoms with Gasteiger partial charge in [-0.1, -0.05) is 6.42 Å². The standard InChI is InChI=1S/C11H13NO2/c1-8-3-6-12-9(7-8)11(10(13)14)4-2-5-11/h3,6-7H,2,4-5H2,1H3,(H,13,14). The maximum Gasteiger partial charge on any atom is 0.315 e. The predicted molar refractivity (Wildman–Crippen MR) is 52.1 cm³/mol. The molecule has 1 N–H and O–H groups in total. The van der Waals surface area contributed by atoms with E-state index in [0.717, 1.165) is 30.5 Å². The third-order valence-electron chi connectivity index (χ3n) is 3.02. The summed E-state index contributed by atoms with van der Waals surface area (Å²) in [5.41, 5.74) is 1.10. The summed E-state index contributed by atoms with van der Waals surface area (Å²) in [6, 6.07) is 3.77. The van der Waals surface area contributed by atoms with Crippen molar-refractivity contribution in [2.24, 2.45) is 0 Å². The molecule has 2 rings (SSSR count). The molecule has 14 heavy (non-hydrogen) atoms. The minimum absolute atomic E-state index is 0.688. The van der Waals surface area contributed by atoms with E-state index in [1.54, 1.807) is 6.20 Å². The molecule has 3 heteroatoms. The van der Waals surface area contributed by atoms with Crippen molar-refractivity contribution in [2.45, 2.75) is 31.6 Å². The van der Waals surface area contributed by atoms with Gasteiger partial charge in [-0.2, -0.15) is 0 Å². The van der Waals surface area contributed by atoms with E-state index in [2.05, 4.69) is 4.98 Å². The molecule has 0 bridgehead atoms. The van der Waals surface area contributed by atoms with Crippen LogP contribution in [0.5, 0.6) is 0 Å². The molecule has 0 spiro atoms. The van der Waals surface area contributed by atoms with Crippen LogP contribution < -0.4 is 0 Å². The van der Waals surface area contributed by atoms with E-state index in [-0.39, 0.29) is 0 Å². The molecule has 0 unspecified atom stereocenters. The van der Waals surface area contributed by atoms with Crippen molar-refractivity contribution >= 4 is 5.97 Å². The van der Waals surface area contributed by atoms with Gasteiger partial charge in [0.1, 0.15) is 5.41 Å². The number of nitrogens with zero attached hydrogens (tertiary/aromatic N) is 1. The fraction of sp³-hybridized carbons (Fsp3) is 0.455. The summed E-state index contributed by atoms with van der Waals surface area (Å²) in [6.07, 6.45) is 4.12. The normalized spacial score (nSPS) is 18.6. The lowest BCUT2D eigenvalue weighted by Crippen LogP contribution is -2.43. The maximum absolute atomic E-state index is 11.2. The number of carboxylic acid groups (broad SMARTS) is 1. The van der Waals surface area contributed by atoms with Crippen LogP contribution in [0.25, 0.3) is 0 Å². The second-order valence-corrected chi connectivity index (χ2v) is 3.96. The van der Waals surface area contributed by atoms with Crippen LogP contribution in [0.3, 0.4) is 0 Å². The molecule has 1 heterocycles. The van der Waals surface area contributed by atoms with Crippen molar-refractivity contribution in [3.05, 3.63) is 29.6 Å². The van der Waals surface area contributed by atoms with Crippen LogP contribution in [0.4, 0.5) is 0 Å². The van der Waals surface area contributed by atoms with E-state index in [1.807, 2.05) is 19.1 Å². The molecule has 0 aromatic carbocycles. The highest BCUT2D eigenvalue weighted by Gasteiger charge is 2.47. The molecule has 1 aliphatic carbocycles. The molecule has 1 aromatic rings. The van der Waals surface area contributed by atoms with Gasteiger partial charge in [-0.05, 0) is 37.5 Å². The predicted octanol–water partition coefficient (Wildman–Crippen LogP) is 1.90. The highest BCUT2D eigenvalue weighted by molar-refractivity contribution is 5.81. The van der Waals surface area contributed by atoms with E-state index < -0.39 is 11.4 Å². The summed E-state index contributed by atoms with van der Waals surface area (Å²) in [5.74, 6) is -0.734. The summed E-state index contributed by atoms with van der Waals surface area (Å²) in [6.45, 7) is 1.96. The second kappa shape index (κ2) is 3.08. The smallest absolute Gasteiger partial charge is 0.315 e. The molecule has 1 aromatic heterocycles. The largest absolute Gasteiger partial charge is 0.481 e. The van der Waals surface area contributed by atoms with Gasteiger partial charge >= 0.3 is 5.97 Å². The lowest BCUT2D eigenvalue weighted by Gasteiger charge is -2.37. The summed E-state index contributed by atoms with van der Waals surface area (Å²) < 4.78 is 0. The molecule has 0 atom stereocenters. The van der Waals surface area contributed by atoms with E-state index in [1.165, 1.54) is 0 Å². The van der Waals surface area contributed by atoms with Crippen LogP contribution in [0.2, 0.25) is 0 Å². The number of carbonyl (C=O) groups is 1. The lowest BCUT2D eigenvalue weighted by molar-refractivity contribution is -0.147. The van der Waals surface area contributed by atoms with Gasteiger partial charge in [0.2, 0.25) is 0 Å². The summed E-state index contributed by atoms with van der Waals surface area (Å²) >= 11 is 0. The fourth-order valence-electron chi connectivity index (χ4n) is 1.91. The Hall–Kier alpha value is -1.38. The van der Waals surface area contributed by atoms with Crippen molar-refractivity contribution in [3.8, 4) is 0 Å². The third-order valence-corrected chi connectivity index (χ3v) is 3.02. The number of aromatic nitrogens is 1. The van der Waals surface area contributed by atoms with Gasteiger partial charge in [0.15, 0.2) is 0 Å². The van der Waals surface area contributed by atoms with Gasteiger partial charge in [-0.3, -0.25) is 9.78 Å². The summed E-state index contributed by atoms with van der Waals surface area (Å²) in [7, 11) is 0. The maximum atomic E-state index is 11.2. The monoisotopic (exact) mass is 191 g/mol. The van der Waals surface area contributed by atoms with Crippen LogP contribution in [-0.2, 0) is 10.2 Å². The molecular weight excluding hydrogens is 178 g/mol. The van der Waals surface area contributed by atoms with E-state index in [9.17, 15) is 9.90 Å². The van der Waals surface area contributed by atoms with E-state index >= 15 is 0 Å². The number of aryl methyl sites for hydroxylation is 1. The van der Waals surface area contributed by atoms with Crippen LogP contribution in [0.15, 0.2) is 18.3 Å². The Morgan fingerprint density at radius 2 is 2.29 bits per heavy atom. The Labute approximate surface area is 82.8 Å². The van der Waals surface area contributed by atoms with Crippen LogP contribution in [0, 0.1) is 6.92 Å². The van der Waals surface area contributed by atoms with Gasteiger partial charge in [-0.25, -0.2) is 0 Å². The number of hydrogen-bond acceptors (Lipinski definition) is 2. The minimum Gasteiger partial charge on any atom is -0.481 e. The zero-order valence-electron chi connectivity index (χ0n) is 8.16. The average molecular weight is 191 g/mol. The van der Waals surface area contributed by atoms with E-state index in [4.69, 9.17) is 0 Å². The van der Waals surface area contributed by atoms with Crippen molar-refractivity contribution < 1.29 is 9.90 Å². The minimum atomic E-state index is -0.734. The first-order chi connectivity index (χ1) is 6.65. The molecule has 74 valence electrons. The van der Waals surface area contributed by atoms with Crippen LogP contribution >= 0.6 is 0 Å². The van der Waals surface area contributed by atoms with Crippen LogP contribution in [0.1, 0.15) is 30.5 Å². The van der Waals surface area contributed by atoms with Crippen molar-refractivity contribution in [2.75, 3.05) is 0 Å². The van der Waals surface area contributed by atoms with Crippen molar-refractivity contribution in [3.63, 3.8) is 0 Å². The zero-order valence-corrected chi connectivity index (χ0v) is 8.16. The second-order valence-electron chi connectivity index (χ2n) is 3.96. The Morgan fingerprint density at radius 3 is 2.71 bits per heavy atom. The topological polar surface area (TPSA) is 50.2 Å². The lowest BCUT2D eigenvalue weighted by atomic mass is 9.66. The quantitative estimate of drug-likeness (QED) is 0.776. The highest BCUT2D eigenvalue weighted by Crippen LogP contribution is 2.43. The molecule has 3 nitrogen and oxygen atoms in total. The van der Waals surface area contributed by atoms with Gasteiger partial charge < -0.3 is 5.11 Å². The molecular formula is C11H13NO2. The zero-order chi connectivity index (χ0) is 10.2. The molecule has 1 aliphatic rings. The van der Waals surface area contributed by atoms with Crippen molar-refractivity contribution in [1.82, 2.24) is 4.98 Å². The number of rotatable bonds is 2. The van der Waals surface area contributed by atoms with Gasteiger partial charge in [0.25, 0.3) is 0 Å². The number of aliphatic carboxylic acids is 1. The average Bonchev–Trinajstić information content (AvgIpc) is 2.00. The van der Waals surface area contributed by atoms with Gasteiger partial charge in [-0.15, -0.1) is 0 Å². The summed E-state index contributed by atoms with van der Waals surface area (Å²) in [5, 5.41) is 9.19. The van der Waals surface area contributed by atoms with Crippen LogP contribution in [-0.4, -0.2) is 16.1 Å². The first-order valence-corrected chi connectivity index (χ1v) is 4.82. The summed E-state index contributed by atoms with van der Waals surface area (Å²) in [4.78, 5) is 15.3. The Kier molecular flexibility index (Phi) is 2.02. The first kappa shape index (κ1) is 9.19. The van der Waals surface area contributed by atoms with Crippen molar-refractivity contribution in [1.29, 1.82) is 0 Å².